The van der Waals surface area contributed by atoms with Crippen LogP contribution in [0.4, 0.5) is 0 Å². The standard InChI is InChI=1S/C13H14BrIN2O/c14-9-1-2-11(15)10(5-9)13(18)17-4-3-8-6-16-7-12(8)17/h1-2,5,8,12,16H,3-4,6-7H2/t8-,12+/m0/s1. The predicted octanol–water partition coefficient (Wildman–Crippen LogP) is 2.49. The lowest BCUT2D eigenvalue weighted by Crippen LogP contribution is -2.39. The molecule has 1 aromatic rings. The van der Waals surface area contributed by atoms with Gasteiger partial charge in [-0.15, -0.1) is 0 Å². The normalized spacial score (nSPS) is 26.4. The third kappa shape index (κ3) is 2.20. The van der Waals surface area contributed by atoms with Crippen molar-refractivity contribution < 1.29 is 4.79 Å². The van der Waals surface area contributed by atoms with Crippen molar-refractivity contribution in [3.63, 3.8) is 0 Å². The van der Waals surface area contributed by atoms with Crippen molar-refractivity contribution in [1.82, 2.24) is 10.2 Å². The van der Waals surface area contributed by atoms with Crippen LogP contribution in [0.15, 0.2) is 22.7 Å². The molecule has 0 aromatic heterocycles. The number of carbonyl (C=O) groups is 1. The van der Waals surface area contributed by atoms with Crippen LogP contribution in [0.2, 0.25) is 0 Å². The minimum Gasteiger partial charge on any atom is -0.334 e. The van der Waals surface area contributed by atoms with Crippen molar-refractivity contribution in [2.24, 2.45) is 5.92 Å². The summed E-state index contributed by atoms with van der Waals surface area (Å²) in [5.41, 5.74) is 0.817. The second-order valence-corrected chi connectivity index (χ2v) is 6.97. The molecule has 18 heavy (non-hydrogen) atoms. The molecule has 3 nitrogen and oxygen atoms in total. The third-order valence-electron chi connectivity index (χ3n) is 3.86. The highest BCUT2D eigenvalue weighted by molar-refractivity contribution is 14.1. The summed E-state index contributed by atoms with van der Waals surface area (Å²) in [6.07, 6.45) is 1.13. The Morgan fingerprint density at radius 1 is 1.44 bits per heavy atom. The number of rotatable bonds is 1. The first-order valence-corrected chi connectivity index (χ1v) is 8.01. The van der Waals surface area contributed by atoms with Gasteiger partial charge in [0.25, 0.3) is 5.91 Å². The molecule has 0 saturated carbocycles. The lowest BCUT2D eigenvalue weighted by atomic mass is 10.0. The van der Waals surface area contributed by atoms with Gasteiger partial charge in [-0.1, -0.05) is 15.9 Å². The highest BCUT2D eigenvalue weighted by Crippen LogP contribution is 2.30. The summed E-state index contributed by atoms with van der Waals surface area (Å²) < 4.78 is 1.99. The molecule has 3 rings (SSSR count). The van der Waals surface area contributed by atoms with E-state index in [1.807, 2.05) is 18.2 Å². The third-order valence-corrected chi connectivity index (χ3v) is 5.30. The van der Waals surface area contributed by atoms with Gasteiger partial charge >= 0.3 is 0 Å². The number of benzene rings is 1. The zero-order valence-electron chi connectivity index (χ0n) is 9.83. The van der Waals surface area contributed by atoms with Crippen LogP contribution in [-0.2, 0) is 0 Å². The molecule has 2 heterocycles. The molecule has 2 aliphatic rings. The number of hydrogen-bond donors (Lipinski definition) is 1. The second kappa shape index (κ2) is 5.09. The Hall–Kier alpha value is -0.140. The van der Waals surface area contributed by atoms with Crippen molar-refractivity contribution in [1.29, 1.82) is 0 Å². The molecular weight excluding hydrogens is 407 g/mol. The van der Waals surface area contributed by atoms with Crippen LogP contribution >= 0.6 is 38.5 Å². The first-order chi connectivity index (χ1) is 8.66. The number of fused-ring (bicyclic) bond motifs is 1. The topological polar surface area (TPSA) is 32.3 Å². The summed E-state index contributed by atoms with van der Waals surface area (Å²) in [5, 5.41) is 3.38. The molecule has 1 amide bonds. The highest BCUT2D eigenvalue weighted by atomic mass is 127. The monoisotopic (exact) mass is 420 g/mol. The fourth-order valence-electron chi connectivity index (χ4n) is 2.92. The van der Waals surface area contributed by atoms with E-state index in [4.69, 9.17) is 0 Å². The van der Waals surface area contributed by atoms with E-state index < -0.39 is 0 Å². The predicted molar refractivity (Wildman–Crippen MR) is 82.7 cm³/mol. The van der Waals surface area contributed by atoms with Gasteiger partial charge in [0, 0.05) is 33.7 Å². The maximum atomic E-state index is 12.6. The van der Waals surface area contributed by atoms with E-state index in [-0.39, 0.29) is 5.91 Å². The lowest BCUT2D eigenvalue weighted by molar-refractivity contribution is 0.0736. The summed E-state index contributed by atoms with van der Waals surface area (Å²) in [6, 6.07) is 6.29. The molecule has 0 bridgehead atoms. The molecule has 0 aliphatic carbocycles. The number of likely N-dealkylation sites (tertiary alicyclic amines) is 1. The molecule has 1 aromatic carbocycles. The van der Waals surface area contributed by atoms with Gasteiger partial charge in [0.15, 0.2) is 0 Å². The first kappa shape index (κ1) is 12.9. The second-order valence-electron chi connectivity index (χ2n) is 4.90. The zero-order valence-corrected chi connectivity index (χ0v) is 13.6. The molecule has 1 N–H and O–H groups in total. The zero-order chi connectivity index (χ0) is 12.7. The van der Waals surface area contributed by atoms with Gasteiger partial charge in [0.1, 0.15) is 0 Å². The number of nitrogens with one attached hydrogen (secondary N) is 1. The van der Waals surface area contributed by atoms with Crippen molar-refractivity contribution in [2.75, 3.05) is 19.6 Å². The fourth-order valence-corrected chi connectivity index (χ4v) is 3.84. The van der Waals surface area contributed by atoms with Gasteiger partial charge in [0.05, 0.1) is 5.56 Å². The van der Waals surface area contributed by atoms with Crippen LogP contribution in [0.5, 0.6) is 0 Å². The van der Waals surface area contributed by atoms with E-state index in [9.17, 15) is 4.79 Å². The van der Waals surface area contributed by atoms with E-state index in [1.165, 1.54) is 0 Å². The Balaban J connectivity index is 1.88. The van der Waals surface area contributed by atoms with Crippen LogP contribution in [0.3, 0.4) is 0 Å². The average molecular weight is 421 g/mol. The van der Waals surface area contributed by atoms with Gasteiger partial charge in [-0.3, -0.25) is 4.79 Å². The van der Waals surface area contributed by atoms with E-state index in [2.05, 4.69) is 48.7 Å². The molecule has 2 fully saturated rings. The summed E-state index contributed by atoms with van der Waals surface area (Å²) >= 11 is 5.68. The van der Waals surface area contributed by atoms with Crippen LogP contribution in [0, 0.1) is 9.49 Å². The van der Waals surface area contributed by atoms with E-state index in [1.54, 1.807) is 0 Å². The van der Waals surface area contributed by atoms with Gasteiger partial charge < -0.3 is 10.2 Å². The smallest absolute Gasteiger partial charge is 0.255 e. The number of carbonyl (C=O) groups excluding carboxylic acids is 1. The van der Waals surface area contributed by atoms with Crippen molar-refractivity contribution in [2.45, 2.75) is 12.5 Å². The first-order valence-electron chi connectivity index (χ1n) is 6.13. The van der Waals surface area contributed by atoms with Crippen LogP contribution in [0.25, 0.3) is 0 Å². The molecule has 2 atom stereocenters. The average Bonchev–Trinajstić information content (AvgIpc) is 2.93. The number of nitrogens with zero attached hydrogens (tertiary/aromatic N) is 1. The highest BCUT2D eigenvalue weighted by Gasteiger charge is 2.40. The van der Waals surface area contributed by atoms with Gasteiger partial charge in [0.2, 0.25) is 0 Å². The van der Waals surface area contributed by atoms with Crippen molar-refractivity contribution in [3.05, 3.63) is 31.8 Å². The molecule has 96 valence electrons. The molecular formula is C13H14BrIN2O. The van der Waals surface area contributed by atoms with E-state index in [0.717, 1.165) is 39.7 Å². The number of hydrogen-bond acceptors (Lipinski definition) is 2. The fraction of sp³-hybridized carbons (Fsp3) is 0.462. The quantitative estimate of drug-likeness (QED) is 0.708. The minimum atomic E-state index is 0.178. The summed E-state index contributed by atoms with van der Waals surface area (Å²) in [5.74, 6) is 0.829. The SMILES string of the molecule is O=C(c1cc(Br)ccc1I)N1CC[C@H]2CNC[C@H]21. The number of amides is 1. The van der Waals surface area contributed by atoms with Crippen molar-refractivity contribution in [3.8, 4) is 0 Å². The minimum absolute atomic E-state index is 0.178. The molecule has 0 radical (unpaired) electrons. The number of halogens is 2. The van der Waals surface area contributed by atoms with Gasteiger partial charge in [-0.05, 0) is 53.1 Å². The largest absolute Gasteiger partial charge is 0.334 e. The van der Waals surface area contributed by atoms with Crippen LogP contribution < -0.4 is 5.32 Å². The maximum absolute atomic E-state index is 12.6. The Labute approximate surface area is 129 Å². The molecule has 5 heteroatoms. The Morgan fingerprint density at radius 3 is 3.11 bits per heavy atom. The van der Waals surface area contributed by atoms with Crippen LogP contribution in [0.1, 0.15) is 16.8 Å². The van der Waals surface area contributed by atoms with Crippen LogP contribution in [-0.4, -0.2) is 36.5 Å². The molecule has 0 spiro atoms. The lowest BCUT2D eigenvalue weighted by Gasteiger charge is -2.24. The summed E-state index contributed by atoms with van der Waals surface area (Å²) in [7, 11) is 0. The van der Waals surface area contributed by atoms with Crippen molar-refractivity contribution >= 4 is 44.4 Å². The van der Waals surface area contributed by atoms with E-state index in [0.29, 0.717) is 12.0 Å². The Morgan fingerprint density at radius 2 is 2.28 bits per heavy atom. The Kier molecular flexibility index (Phi) is 3.64. The maximum Gasteiger partial charge on any atom is 0.255 e. The van der Waals surface area contributed by atoms with Gasteiger partial charge in [-0.2, -0.15) is 0 Å². The summed E-state index contributed by atoms with van der Waals surface area (Å²) in [6.45, 7) is 2.91. The molecule has 0 unspecified atom stereocenters. The Bertz CT molecular complexity index is 494. The summed E-state index contributed by atoms with van der Waals surface area (Å²) in [4.78, 5) is 14.7. The molecule has 2 saturated heterocycles. The molecule has 2 aliphatic heterocycles. The van der Waals surface area contributed by atoms with Gasteiger partial charge in [-0.25, -0.2) is 0 Å². The van der Waals surface area contributed by atoms with E-state index >= 15 is 0 Å².